The second-order valence-corrected chi connectivity index (χ2v) is 9.45. The molecule has 3 heterocycles. The van der Waals surface area contributed by atoms with Crippen molar-refractivity contribution in [3.05, 3.63) is 52.2 Å². The van der Waals surface area contributed by atoms with Crippen molar-refractivity contribution in [3.63, 3.8) is 0 Å². The first kappa shape index (κ1) is 23.4. The Kier molecular flexibility index (Phi) is 7.12. The molecule has 4 rings (SSSR count). The number of thioether (sulfide) groups is 1. The first-order chi connectivity index (χ1) is 16.0. The third kappa shape index (κ3) is 4.67. The van der Waals surface area contributed by atoms with Crippen molar-refractivity contribution in [1.82, 2.24) is 9.80 Å². The lowest BCUT2D eigenvalue weighted by Gasteiger charge is -2.37. The van der Waals surface area contributed by atoms with E-state index >= 15 is 0 Å². The molecule has 3 aliphatic heterocycles. The number of rotatable bonds is 6. The average molecular weight is 470 g/mol. The summed E-state index contributed by atoms with van der Waals surface area (Å²) in [5.74, 6) is 1.07. The first-order valence-corrected chi connectivity index (χ1v) is 12.3. The lowest BCUT2D eigenvalue weighted by atomic mass is 9.92. The minimum atomic E-state index is -0.439. The highest BCUT2D eigenvalue weighted by Gasteiger charge is 2.42. The fourth-order valence-corrected chi connectivity index (χ4v) is 5.50. The van der Waals surface area contributed by atoms with Gasteiger partial charge < -0.3 is 19.3 Å². The van der Waals surface area contributed by atoms with Gasteiger partial charge >= 0.3 is 5.97 Å². The predicted octanol–water partition coefficient (Wildman–Crippen LogP) is 4.48. The predicted molar refractivity (Wildman–Crippen MR) is 130 cm³/mol. The van der Waals surface area contributed by atoms with Crippen LogP contribution in [-0.2, 0) is 14.3 Å². The smallest absolute Gasteiger partial charge is 0.338 e. The maximum Gasteiger partial charge on any atom is 0.338 e. The molecule has 0 N–H and O–H groups in total. The van der Waals surface area contributed by atoms with E-state index in [1.54, 1.807) is 7.11 Å². The summed E-state index contributed by atoms with van der Waals surface area (Å²) < 4.78 is 10.6. The quantitative estimate of drug-likeness (QED) is 0.572. The summed E-state index contributed by atoms with van der Waals surface area (Å²) in [7, 11) is 3.01. The van der Waals surface area contributed by atoms with Gasteiger partial charge in [-0.1, -0.05) is 37.7 Å². The van der Waals surface area contributed by atoms with Gasteiger partial charge in [-0.3, -0.25) is 4.79 Å². The van der Waals surface area contributed by atoms with Crippen molar-refractivity contribution in [2.24, 2.45) is 10.9 Å². The second kappa shape index (κ2) is 10.0. The van der Waals surface area contributed by atoms with Crippen molar-refractivity contribution in [2.75, 3.05) is 27.3 Å². The molecule has 1 atom stereocenters. The molecule has 1 fully saturated rings. The Morgan fingerprint density at radius 1 is 1.21 bits per heavy atom. The SMILES string of the molecule is CCC1=C(C(=O)OC)C(c2cccc(OC)c2)N2C(CC(=O)N3CCC(C)CC3)=CSC2=N1. The minimum absolute atomic E-state index is 0.115. The van der Waals surface area contributed by atoms with E-state index in [-0.39, 0.29) is 12.3 Å². The number of nitrogens with zero attached hydrogens (tertiary/aromatic N) is 3. The van der Waals surface area contributed by atoms with Crippen molar-refractivity contribution < 1.29 is 19.1 Å². The molecule has 1 aromatic rings. The summed E-state index contributed by atoms with van der Waals surface area (Å²) >= 11 is 1.50. The number of methoxy groups -OCH3 is 2. The van der Waals surface area contributed by atoms with E-state index in [9.17, 15) is 9.59 Å². The molecule has 1 aromatic carbocycles. The number of carbonyl (C=O) groups excluding carboxylic acids is 2. The highest BCUT2D eigenvalue weighted by molar-refractivity contribution is 8.16. The highest BCUT2D eigenvalue weighted by atomic mass is 32.2. The molecular weight excluding hydrogens is 438 g/mol. The highest BCUT2D eigenvalue weighted by Crippen LogP contribution is 2.46. The van der Waals surface area contributed by atoms with Crippen molar-refractivity contribution in [2.45, 2.75) is 45.6 Å². The van der Waals surface area contributed by atoms with Crippen molar-refractivity contribution in [1.29, 1.82) is 0 Å². The Morgan fingerprint density at radius 2 is 1.97 bits per heavy atom. The lowest BCUT2D eigenvalue weighted by molar-refractivity contribution is -0.136. The monoisotopic (exact) mass is 469 g/mol. The number of amidine groups is 1. The van der Waals surface area contributed by atoms with Gasteiger partial charge in [-0.2, -0.15) is 0 Å². The number of amides is 1. The van der Waals surface area contributed by atoms with Crippen LogP contribution in [0.4, 0.5) is 0 Å². The van der Waals surface area contributed by atoms with E-state index in [1.165, 1.54) is 18.9 Å². The standard InChI is InChI=1S/C25H31N3O4S/c1-5-20-22(24(30)32-4)23(17-7-6-8-19(13-17)31-3)28-18(15-33-25(28)26-20)14-21(29)27-11-9-16(2)10-12-27/h6-8,13,15-16,23H,5,9-12,14H2,1-4H3. The number of hydrogen-bond acceptors (Lipinski definition) is 7. The van der Waals surface area contributed by atoms with E-state index in [2.05, 4.69) is 6.92 Å². The molecule has 0 radical (unpaired) electrons. The zero-order chi connectivity index (χ0) is 23.5. The van der Waals surface area contributed by atoms with E-state index in [0.717, 1.165) is 42.4 Å². The lowest BCUT2D eigenvalue weighted by Crippen LogP contribution is -2.41. The third-order valence-corrected chi connectivity index (χ3v) is 7.40. The fourth-order valence-electron chi connectivity index (χ4n) is 4.56. The fraction of sp³-hybridized carbons (Fsp3) is 0.480. The van der Waals surface area contributed by atoms with Gasteiger partial charge in [0.25, 0.3) is 0 Å². The Hall–Kier alpha value is -2.74. The largest absolute Gasteiger partial charge is 0.497 e. The molecule has 1 unspecified atom stereocenters. The second-order valence-electron chi connectivity index (χ2n) is 8.62. The van der Waals surface area contributed by atoms with Gasteiger partial charge in [0.2, 0.25) is 5.91 Å². The summed E-state index contributed by atoms with van der Waals surface area (Å²) in [6, 6.07) is 7.25. The average Bonchev–Trinajstić information content (AvgIpc) is 3.24. The first-order valence-electron chi connectivity index (χ1n) is 11.4. The third-order valence-electron chi connectivity index (χ3n) is 6.51. The topological polar surface area (TPSA) is 71.4 Å². The molecule has 0 bridgehead atoms. The summed E-state index contributed by atoms with van der Waals surface area (Å²) in [5, 5.41) is 2.77. The Labute approximate surface area is 199 Å². The molecule has 0 spiro atoms. The van der Waals surface area contributed by atoms with Gasteiger partial charge in [0.05, 0.1) is 38.0 Å². The number of esters is 1. The van der Waals surface area contributed by atoms with Crippen LogP contribution in [0.2, 0.25) is 0 Å². The maximum absolute atomic E-state index is 13.2. The van der Waals surface area contributed by atoms with Gasteiger partial charge in [-0.15, -0.1) is 0 Å². The number of likely N-dealkylation sites (tertiary alicyclic amines) is 1. The van der Waals surface area contributed by atoms with Crippen molar-refractivity contribution in [3.8, 4) is 5.75 Å². The zero-order valence-corrected chi connectivity index (χ0v) is 20.5. The Morgan fingerprint density at radius 3 is 2.64 bits per heavy atom. The molecule has 1 amide bonds. The number of piperidine rings is 1. The number of hydrogen-bond donors (Lipinski definition) is 0. The van der Waals surface area contributed by atoms with Gasteiger partial charge in [0.15, 0.2) is 5.17 Å². The number of allylic oxidation sites excluding steroid dienone is 1. The minimum Gasteiger partial charge on any atom is -0.497 e. The van der Waals surface area contributed by atoms with Crippen LogP contribution in [0.15, 0.2) is 51.6 Å². The van der Waals surface area contributed by atoms with Crippen LogP contribution in [0.3, 0.4) is 0 Å². The summed E-state index contributed by atoms with van der Waals surface area (Å²) in [4.78, 5) is 34.9. The molecule has 0 saturated carbocycles. The Bertz CT molecular complexity index is 1020. The van der Waals surface area contributed by atoms with Crippen LogP contribution >= 0.6 is 11.8 Å². The summed E-state index contributed by atoms with van der Waals surface area (Å²) in [5.41, 5.74) is 2.96. The van der Waals surface area contributed by atoms with E-state index in [4.69, 9.17) is 14.5 Å². The number of fused-ring (bicyclic) bond motifs is 1. The molecule has 3 aliphatic rings. The molecule has 1 saturated heterocycles. The number of carbonyl (C=O) groups is 2. The normalized spacial score (nSPS) is 20.9. The van der Waals surface area contributed by atoms with Crippen LogP contribution in [0, 0.1) is 5.92 Å². The van der Waals surface area contributed by atoms with Gasteiger partial charge in [0, 0.05) is 18.8 Å². The summed E-state index contributed by atoms with van der Waals surface area (Å²) in [6.07, 6.45) is 2.95. The molecule has 0 aromatic heterocycles. The molecule has 33 heavy (non-hydrogen) atoms. The molecule has 7 nitrogen and oxygen atoms in total. The van der Waals surface area contributed by atoms with Crippen LogP contribution in [0.25, 0.3) is 0 Å². The maximum atomic E-state index is 13.2. The number of benzene rings is 1. The Balaban J connectivity index is 1.70. The molecule has 176 valence electrons. The molecule has 8 heteroatoms. The van der Waals surface area contributed by atoms with E-state index < -0.39 is 12.0 Å². The van der Waals surface area contributed by atoms with Crippen molar-refractivity contribution >= 4 is 28.8 Å². The summed E-state index contributed by atoms with van der Waals surface area (Å²) in [6.45, 7) is 5.82. The van der Waals surface area contributed by atoms with Gasteiger partial charge in [0.1, 0.15) is 5.75 Å². The van der Waals surface area contributed by atoms with Gasteiger partial charge in [-0.25, -0.2) is 9.79 Å². The zero-order valence-electron chi connectivity index (χ0n) is 19.7. The molecule has 0 aliphatic carbocycles. The molecular formula is C25H31N3O4S. The number of aliphatic imine (C=N–C) groups is 1. The van der Waals surface area contributed by atoms with Gasteiger partial charge in [-0.05, 0) is 48.3 Å². The van der Waals surface area contributed by atoms with Crippen LogP contribution in [-0.4, -0.2) is 54.2 Å². The van der Waals surface area contributed by atoms with Crippen LogP contribution in [0.5, 0.6) is 5.75 Å². The van der Waals surface area contributed by atoms with E-state index in [0.29, 0.717) is 29.4 Å². The van der Waals surface area contributed by atoms with Crippen LogP contribution < -0.4 is 4.74 Å². The number of ether oxygens (including phenoxy) is 2. The van der Waals surface area contributed by atoms with E-state index in [1.807, 2.05) is 46.4 Å². The van der Waals surface area contributed by atoms with Crippen LogP contribution in [0.1, 0.15) is 51.1 Å².